The van der Waals surface area contributed by atoms with Crippen molar-refractivity contribution in [1.29, 1.82) is 0 Å². The first-order valence-electron chi connectivity index (χ1n) is 8.39. The van der Waals surface area contributed by atoms with Crippen molar-refractivity contribution in [2.24, 2.45) is 0 Å². The van der Waals surface area contributed by atoms with Gasteiger partial charge in [-0.15, -0.1) is 0 Å². The van der Waals surface area contributed by atoms with Crippen LogP contribution in [0.4, 0.5) is 0 Å². The molecule has 0 fully saturated rings. The van der Waals surface area contributed by atoms with Gasteiger partial charge in [0.15, 0.2) is 0 Å². The van der Waals surface area contributed by atoms with Crippen LogP contribution in [0.2, 0.25) is 0 Å². The number of ether oxygens (including phenoxy) is 3. The number of methoxy groups -OCH3 is 1. The van der Waals surface area contributed by atoms with Crippen LogP contribution in [-0.2, 0) is 15.9 Å². The number of hydrogen-bond donors (Lipinski definition) is 3. The second kappa shape index (κ2) is 12.2. The van der Waals surface area contributed by atoms with Crippen LogP contribution in [0.5, 0.6) is 5.75 Å². The summed E-state index contributed by atoms with van der Waals surface area (Å²) in [6.45, 7) is 5.65. The lowest BCUT2D eigenvalue weighted by Crippen LogP contribution is -2.35. The minimum atomic E-state index is -0.733. The molecule has 0 bridgehead atoms. The van der Waals surface area contributed by atoms with Crippen molar-refractivity contribution >= 4 is 0 Å². The lowest BCUT2D eigenvalue weighted by Gasteiger charge is -2.16. The van der Waals surface area contributed by atoms with E-state index in [1.807, 2.05) is 38.1 Å². The topological polar surface area (TPSA) is 80.2 Å². The van der Waals surface area contributed by atoms with Gasteiger partial charge in [-0.1, -0.05) is 26.0 Å². The number of aliphatic hydroxyl groups is 2. The van der Waals surface area contributed by atoms with Crippen molar-refractivity contribution in [1.82, 2.24) is 5.32 Å². The molecule has 0 aromatic heterocycles. The van der Waals surface area contributed by atoms with Gasteiger partial charge < -0.3 is 29.7 Å². The zero-order chi connectivity index (χ0) is 17.8. The van der Waals surface area contributed by atoms with Gasteiger partial charge in [0.25, 0.3) is 0 Å². The Hall–Kier alpha value is -1.18. The summed E-state index contributed by atoms with van der Waals surface area (Å²) in [6, 6.07) is 8.03. The van der Waals surface area contributed by atoms with Gasteiger partial charge in [0, 0.05) is 19.7 Å². The quantitative estimate of drug-likeness (QED) is 0.496. The summed E-state index contributed by atoms with van der Waals surface area (Å²) in [5.74, 6) is 0.705. The predicted molar refractivity (Wildman–Crippen MR) is 93.5 cm³/mol. The number of benzene rings is 1. The minimum absolute atomic E-state index is 0.130. The largest absolute Gasteiger partial charge is 0.491 e. The maximum atomic E-state index is 9.85. The van der Waals surface area contributed by atoms with Crippen LogP contribution in [0.15, 0.2) is 24.3 Å². The van der Waals surface area contributed by atoms with Gasteiger partial charge in [0.05, 0.1) is 25.9 Å². The van der Waals surface area contributed by atoms with Crippen molar-refractivity contribution < 1.29 is 24.4 Å². The Kier molecular flexibility index (Phi) is 10.6. The molecule has 0 unspecified atom stereocenters. The fourth-order valence-electron chi connectivity index (χ4n) is 1.98. The monoisotopic (exact) mass is 341 g/mol. The molecule has 2 atom stereocenters. The summed E-state index contributed by atoms with van der Waals surface area (Å²) >= 11 is 0. The molecule has 0 heterocycles. The normalized spacial score (nSPS) is 13.9. The molecule has 24 heavy (non-hydrogen) atoms. The van der Waals surface area contributed by atoms with Gasteiger partial charge in [-0.2, -0.15) is 0 Å². The number of hydrogen-bond acceptors (Lipinski definition) is 6. The maximum Gasteiger partial charge on any atom is 0.119 e. The van der Waals surface area contributed by atoms with E-state index in [1.54, 1.807) is 7.11 Å². The van der Waals surface area contributed by atoms with Gasteiger partial charge >= 0.3 is 0 Å². The SMILES string of the molecule is COCCc1ccc(OC[C@@H](O)COC[C@H](O)CNC(C)C)cc1. The Morgan fingerprint density at radius 1 is 1.00 bits per heavy atom. The van der Waals surface area contributed by atoms with Gasteiger partial charge in [0.2, 0.25) is 0 Å². The zero-order valence-corrected chi connectivity index (χ0v) is 14.9. The van der Waals surface area contributed by atoms with Crippen LogP contribution in [0.3, 0.4) is 0 Å². The average molecular weight is 341 g/mol. The standard InChI is InChI=1S/C18H31NO5/c1-14(2)19-10-16(20)11-23-12-17(21)13-24-18-6-4-15(5-7-18)8-9-22-3/h4-7,14,16-17,19-21H,8-13H2,1-3H3/t16-,17+/m1/s1. The predicted octanol–water partition coefficient (Wildman–Crippen LogP) is 0.991. The molecule has 0 spiro atoms. The summed E-state index contributed by atoms with van der Waals surface area (Å²) in [6.07, 6.45) is -0.454. The first-order valence-corrected chi connectivity index (χ1v) is 8.39. The van der Waals surface area contributed by atoms with Crippen molar-refractivity contribution in [3.8, 4) is 5.75 Å². The Labute approximate surface area is 144 Å². The molecule has 0 saturated carbocycles. The molecule has 0 aliphatic heterocycles. The number of nitrogens with one attached hydrogen (secondary N) is 1. The van der Waals surface area contributed by atoms with Gasteiger partial charge in [-0.05, 0) is 24.1 Å². The van der Waals surface area contributed by atoms with Crippen LogP contribution in [0.25, 0.3) is 0 Å². The van der Waals surface area contributed by atoms with E-state index >= 15 is 0 Å². The number of rotatable bonds is 13. The Balaban J connectivity index is 2.15. The highest BCUT2D eigenvalue weighted by Crippen LogP contribution is 2.13. The van der Waals surface area contributed by atoms with Gasteiger partial charge in [0.1, 0.15) is 18.5 Å². The molecule has 0 aliphatic carbocycles. The van der Waals surface area contributed by atoms with Crippen molar-refractivity contribution in [3.63, 3.8) is 0 Å². The molecule has 0 aliphatic rings. The maximum absolute atomic E-state index is 9.85. The second-order valence-corrected chi connectivity index (χ2v) is 6.11. The molecular weight excluding hydrogens is 310 g/mol. The van der Waals surface area contributed by atoms with Crippen LogP contribution < -0.4 is 10.1 Å². The molecule has 1 aromatic rings. The van der Waals surface area contributed by atoms with Gasteiger partial charge in [-0.3, -0.25) is 0 Å². The zero-order valence-electron chi connectivity index (χ0n) is 14.9. The smallest absolute Gasteiger partial charge is 0.119 e. The van der Waals surface area contributed by atoms with E-state index in [-0.39, 0.29) is 19.8 Å². The molecule has 0 saturated heterocycles. The molecule has 1 aromatic carbocycles. The molecule has 1 rings (SSSR count). The first-order chi connectivity index (χ1) is 11.5. The minimum Gasteiger partial charge on any atom is -0.491 e. The van der Waals surface area contributed by atoms with Crippen molar-refractivity contribution in [2.45, 2.75) is 38.5 Å². The van der Waals surface area contributed by atoms with Crippen molar-refractivity contribution in [3.05, 3.63) is 29.8 Å². The Morgan fingerprint density at radius 2 is 1.67 bits per heavy atom. The third-order valence-corrected chi connectivity index (χ3v) is 3.34. The van der Waals surface area contributed by atoms with E-state index in [9.17, 15) is 10.2 Å². The molecule has 138 valence electrons. The summed E-state index contributed by atoms with van der Waals surface area (Å²) in [4.78, 5) is 0. The van der Waals surface area contributed by atoms with E-state index in [2.05, 4.69) is 5.32 Å². The highest BCUT2D eigenvalue weighted by atomic mass is 16.5. The van der Waals surface area contributed by atoms with E-state index in [0.717, 1.165) is 6.42 Å². The fraction of sp³-hybridized carbons (Fsp3) is 0.667. The lowest BCUT2D eigenvalue weighted by atomic mass is 10.1. The van der Waals surface area contributed by atoms with E-state index in [4.69, 9.17) is 14.2 Å². The van der Waals surface area contributed by atoms with E-state index in [0.29, 0.717) is 24.9 Å². The van der Waals surface area contributed by atoms with Crippen LogP contribution in [0.1, 0.15) is 19.4 Å². The van der Waals surface area contributed by atoms with Crippen LogP contribution in [0, 0.1) is 0 Å². The van der Waals surface area contributed by atoms with E-state index in [1.165, 1.54) is 5.56 Å². The van der Waals surface area contributed by atoms with Crippen LogP contribution in [-0.4, -0.2) is 68.5 Å². The molecule has 6 heteroatoms. The fourth-order valence-corrected chi connectivity index (χ4v) is 1.98. The average Bonchev–Trinajstić information content (AvgIpc) is 2.57. The first kappa shape index (κ1) is 20.9. The highest BCUT2D eigenvalue weighted by Gasteiger charge is 2.09. The van der Waals surface area contributed by atoms with E-state index < -0.39 is 12.2 Å². The summed E-state index contributed by atoms with van der Waals surface area (Å²) in [5, 5.41) is 22.7. The van der Waals surface area contributed by atoms with Gasteiger partial charge in [-0.25, -0.2) is 0 Å². The summed E-state index contributed by atoms with van der Waals surface area (Å²) in [7, 11) is 1.68. The molecule has 3 N–H and O–H groups in total. The summed E-state index contributed by atoms with van der Waals surface area (Å²) in [5.41, 5.74) is 1.18. The second-order valence-electron chi connectivity index (χ2n) is 6.11. The molecular formula is C18H31NO5. The summed E-state index contributed by atoms with van der Waals surface area (Å²) < 4.78 is 15.9. The highest BCUT2D eigenvalue weighted by molar-refractivity contribution is 5.27. The van der Waals surface area contributed by atoms with Crippen molar-refractivity contribution in [2.75, 3.05) is 40.1 Å². The third kappa shape index (κ3) is 9.85. The lowest BCUT2D eigenvalue weighted by molar-refractivity contribution is -0.0204. The molecule has 0 amide bonds. The number of aliphatic hydroxyl groups excluding tert-OH is 2. The Morgan fingerprint density at radius 3 is 2.29 bits per heavy atom. The van der Waals surface area contributed by atoms with Crippen LogP contribution >= 0.6 is 0 Å². The third-order valence-electron chi connectivity index (χ3n) is 3.34. The molecule has 6 nitrogen and oxygen atoms in total. The molecule has 0 radical (unpaired) electrons. The Bertz CT molecular complexity index is 424.